The lowest BCUT2D eigenvalue weighted by atomic mass is 10.0. The molecule has 0 aliphatic carbocycles. The second kappa shape index (κ2) is 5.71. The van der Waals surface area contributed by atoms with Crippen LogP contribution < -0.4 is 0 Å². The quantitative estimate of drug-likeness (QED) is 0.867. The Morgan fingerprint density at radius 2 is 2.47 bits per heavy atom. The second-order valence-electron chi connectivity index (χ2n) is 5.49. The highest BCUT2D eigenvalue weighted by molar-refractivity contribution is 5.78. The number of aromatic amines is 1. The molecule has 1 aliphatic heterocycles. The van der Waals surface area contributed by atoms with E-state index in [0.29, 0.717) is 26.1 Å². The van der Waals surface area contributed by atoms with Crippen LogP contribution in [0.15, 0.2) is 12.3 Å². The molecule has 2 heterocycles. The predicted molar refractivity (Wildman–Crippen MR) is 69.7 cm³/mol. The Hall–Kier alpha value is -1.40. The van der Waals surface area contributed by atoms with Gasteiger partial charge in [0.1, 0.15) is 0 Å². The largest absolute Gasteiger partial charge is 0.382 e. The first-order valence-corrected chi connectivity index (χ1v) is 6.43. The van der Waals surface area contributed by atoms with Gasteiger partial charge in [0.2, 0.25) is 5.91 Å². The molecule has 2 rings (SSSR count). The number of hydrogen-bond donors (Lipinski definition) is 1. The van der Waals surface area contributed by atoms with E-state index in [2.05, 4.69) is 10.2 Å². The molecule has 1 N–H and O–H groups in total. The molecule has 6 heteroatoms. The van der Waals surface area contributed by atoms with Gasteiger partial charge in [-0.05, 0) is 19.9 Å². The van der Waals surface area contributed by atoms with Gasteiger partial charge >= 0.3 is 0 Å². The fourth-order valence-electron chi connectivity index (χ4n) is 2.42. The van der Waals surface area contributed by atoms with Crippen molar-refractivity contribution in [3.8, 4) is 0 Å². The number of hydrogen-bond acceptors (Lipinski definition) is 4. The molecule has 1 atom stereocenters. The normalized spacial score (nSPS) is 22.5. The van der Waals surface area contributed by atoms with Crippen LogP contribution in [0.4, 0.5) is 0 Å². The predicted octanol–water partition coefficient (Wildman–Crippen LogP) is 0.605. The Labute approximate surface area is 113 Å². The zero-order valence-electron chi connectivity index (χ0n) is 11.7. The van der Waals surface area contributed by atoms with Gasteiger partial charge in [-0.25, -0.2) is 0 Å². The maximum atomic E-state index is 12.3. The van der Waals surface area contributed by atoms with E-state index in [-0.39, 0.29) is 17.6 Å². The first-order valence-electron chi connectivity index (χ1n) is 6.43. The maximum absolute atomic E-state index is 12.3. The van der Waals surface area contributed by atoms with E-state index in [4.69, 9.17) is 9.47 Å². The average molecular weight is 267 g/mol. The van der Waals surface area contributed by atoms with Gasteiger partial charge in [0.05, 0.1) is 24.7 Å². The summed E-state index contributed by atoms with van der Waals surface area (Å²) in [6.45, 7) is 5.65. The van der Waals surface area contributed by atoms with E-state index in [1.165, 1.54) is 0 Å². The number of aromatic nitrogens is 2. The van der Waals surface area contributed by atoms with Crippen molar-refractivity contribution in [2.24, 2.45) is 0 Å². The fraction of sp³-hybridized carbons (Fsp3) is 0.692. The van der Waals surface area contributed by atoms with Crippen molar-refractivity contribution in [2.45, 2.75) is 32.0 Å². The number of nitrogens with one attached hydrogen (secondary N) is 1. The smallest absolute Gasteiger partial charge is 0.228 e. The van der Waals surface area contributed by atoms with Crippen LogP contribution >= 0.6 is 0 Å². The number of H-pyrrole nitrogens is 1. The number of morpholine rings is 1. The molecule has 0 radical (unpaired) electrons. The van der Waals surface area contributed by atoms with Gasteiger partial charge in [-0.3, -0.25) is 9.89 Å². The lowest BCUT2D eigenvalue weighted by Crippen LogP contribution is -2.56. The minimum absolute atomic E-state index is 0.0699. The topological polar surface area (TPSA) is 67.5 Å². The van der Waals surface area contributed by atoms with E-state index < -0.39 is 0 Å². The van der Waals surface area contributed by atoms with Crippen LogP contribution in [-0.2, 0) is 20.7 Å². The molecule has 1 aromatic rings. The van der Waals surface area contributed by atoms with Crippen molar-refractivity contribution < 1.29 is 14.3 Å². The highest BCUT2D eigenvalue weighted by atomic mass is 16.5. The van der Waals surface area contributed by atoms with Crippen molar-refractivity contribution in [3.05, 3.63) is 18.0 Å². The van der Waals surface area contributed by atoms with E-state index in [1.807, 2.05) is 24.8 Å². The number of carbonyl (C=O) groups is 1. The molecule has 6 nitrogen and oxygen atoms in total. The monoisotopic (exact) mass is 267 g/mol. The molecular weight excluding hydrogens is 246 g/mol. The molecule has 106 valence electrons. The SMILES string of the molecule is COC[C@H]1CN(C(=O)Cc2ccn[nH]2)CC(C)(C)O1. The van der Waals surface area contributed by atoms with Crippen molar-refractivity contribution in [2.75, 3.05) is 26.8 Å². The Morgan fingerprint density at radius 1 is 1.68 bits per heavy atom. The van der Waals surface area contributed by atoms with Crippen LogP contribution in [0.25, 0.3) is 0 Å². The average Bonchev–Trinajstić information content (AvgIpc) is 2.80. The summed E-state index contributed by atoms with van der Waals surface area (Å²) < 4.78 is 11.0. The highest BCUT2D eigenvalue weighted by Gasteiger charge is 2.35. The number of methoxy groups -OCH3 is 1. The third-order valence-corrected chi connectivity index (χ3v) is 3.09. The van der Waals surface area contributed by atoms with Crippen molar-refractivity contribution in [1.82, 2.24) is 15.1 Å². The minimum atomic E-state index is -0.342. The molecule has 1 fully saturated rings. The van der Waals surface area contributed by atoms with Gasteiger partial charge in [-0.15, -0.1) is 0 Å². The molecule has 1 aromatic heterocycles. The number of rotatable bonds is 4. The zero-order valence-corrected chi connectivity index (χ0v) is 11.7. The Balaban J connectivity index is 1.99. The van der Waals surface area contributed by atoms with Crippen LogP contribution in [0.1, 0.15) is 19.5 Å². The van der Waals surface area contributed by atoms with Gasteiger partial charge < -0.3 is 14.4 Å². The third kappa shape index (κ3) is 3.78. The van der Waals surface area contributed by atoms with Crippen LogP contribution in [0.5, 0.6) is 0 Å². The van der Waals surface area contributed by atoms with Crippen molar-refractivity contribution in [1.29, 1.82) is 0 Å². The van der Waals surface area contributed by atoms with Crippen LogP contribution in [0.3, 0.4) is 0 Å². The van der Waals surface area contributed by atoms with Crippen LogP contribution in [0.2, 0.25) is 0 Å². The molecular formula is C13H21N3O3. The Morgan fingerprint density at radius 3 is 3.11 bits per heavy atom. The summed E-state index contributed by atoms with van der Waals surface area (Å²) in [7, 11) is 1.64. The number of nitrogens with zero attached hydrogens (tertiary/aromatic N) is 2. The van der Waals surface area contributed by atoms with Gasteiger partial charge in [-0.1, -0.05) is 0 Å². The molecule has 0 aromatic carbocycles. The minimum Gasteiger partial charge on any atom is -0.382 e. The second-order valence-corrected chi connectivity index (χ2v) is 5.49. The van der Waals surface area contributed by atoms with E-state index in [0.717, 1.165) is 5.69 Å². The molecule has 1 saturated heterocycles. The molecule has 0 saturated carbocycles. The van der Waals surface area contributed by atoms with E-state index in [1.54, 1.807) is 13.3 Å². The molecule has 0 spiro atoms. The molecule has 1 amide bonds. The van der Waals surface area contributed by atoms with Gasteiger partial charge in [0.25, 0.3) is 0 Å². The third-order valence-electron chi connectivity index (χ3n) is 3.09. The lowest BCUT2D eigenvalue weighted by Gasteiger charge is -2.42. The van der Waals surface area contributed by atoms with Gasteiger partial charge in [-0.2, -0.15) is 5.10 Å². The summed E-state index contributed by atoms with van der Waals surface area (Å²) >= 11 is 0. The summed E-state index contributed by atoms with van der Waals surface area (Å²) in [4.78, 5) is 14.1. The summed E-state index contributed by atoms with van der Waals surface area (Å²) in [5.74, 6) is 0.0849. The van der Waals surface area contributed by atoms with Crippen molar-refractivity contribution >= 4 is 5.91 Å². The van der Waals surface area contributed by atoms with Gasteiger partial charge in [0, 0.05) is 32.1 Å². The molecule has 0 unspecified atom stereocenters. The number of amides is 1. The van der Waals surface area contributed by atoms with Crippen molar-refractivity contribution in [3.63, 3.8) is 0 Å². The fourth-order valence-corrected chi connectivity index (χ4v) is 2.42. The standard InChI is InChI=1S/C13H21N3O3/c1-13(2)9-16(7-11(19-13)8-18-3)12(17)6-10-4-5-14-15-10/h4-5,11H,6-9H2,1-3H3,(H,14,15)/t11-/m1/s1. The molecule has 0 bridgehead atoms. The van der Waals surface area contributed by atoms with Crippen LogP contribution in [-0.4, -0.2) is 59.5 Å². The summed E-state index contributed by atoms with van der Waals surface area (Å²) in [5, 5.41) is 6.66. The zero-order chi connectivity index (χ0) is 13.9. The number of carbonyl (C=O) groups excluding carboxylic acids is 1. The molecule has 19 heavy (non-hydrogen) atoms. The number of ether oxygens (including phenoxy) is 2. The van der Waals surface area contributed by atoms with Gasteiger partial charge in [0.15, 0.2) is 0 Å². The highest BCUT2D eigenvalue weighted by Crippen LogP contribution is 2.21. The first-order chi connectivity index (χ1) is 9.00. The maximum Gasteiger partial charge on any atom is 0.228 e. The summed E-state index contributed by atoms with van der Waals surface area (Å²) in [6, 6.07) is 1.82. The Bertz CT molecular complexity index is 417. The lowest BCUT2D eigenvalue weighted by molar-refractivity contribution is -0.168. The van der Waals surface area contributed by atoms with E-state index in [9.17, 15) is 4.79 Å². The summed E-state index contributed by atoms with van der Waals surface area (Å²) in [5.41, 5.74) is 0.489. The van der Waals surface area contributed by atoms with E-state index >= 15 is 0 Å². The Kier molecular flexibility index (Phi) is 4.21. The summed E-state index contributed by atoms with van der Waals surface area (Å²) in [6.07, 6.45) is 1.93. The van der Waals surface area contributed by atoms with Crippen LogP contribution in [0, 0.1) is 0 Å². The first kappa shape index (κ1) is 14.0. The molecule has 1 aliphatic rings.